The Morgan fingerprint density at radius 1 is 1.14 bits per heavy atom. The second-order valence-corrected chi connectivity index (χ2v) is 8.81. The zero-order valence-electron chi connectivity index (χ0n) is 13.9. The highest BCUT2D eigenvalue weighted by Gasteiger charge is 2.39. The topological polar surface area (TPSA) is 46.2 Å². The van der Waals surface area contributed by atoms with E-state index in [2.05, 4.69) is 36.5 Å². The molecular formula is C17H29NO2S. The van der Waals surface area contributed by atoms with Gasteiger partial charge in [0.25, 0.3) is 0 Å². The van der Waals surface area contributed by atoms with Gasteiger partial charge in [0.2, 0.25) is 0 Å². The summed E-state index contributed by atoms with van der Waals surface area (Å²) >= 11 is 0. The molecule has 0 aromatic heterocycles. The van der Waals surface area contributed by atoms with E-state index in [4.69, 9.17) is 0 Å². The van der Waals surface area contributed by atoms with E-state index in [1.807, 2.05) is 6.92 Å². The molecule has 1 aromatic carbocycles. The quantitative estimate of drug-likeness (QED) is 0.799. The normalized spacial score (nSPS) is 14.1. The Morgan fingerprint density at radius 3 is 2.14 bits per heavy atom. The van der Waals surface area contributed by atoms with Gasteiger partial charge in [0, 0.05) is 6.26 Å². The van der Waals surface area contributed by atoms with Crippen LogP contribution < -0.4 is 5.32 Å². The fourth-order valence-corrected chi connectivity index (χ4v) is 3.09. The molecule has 1 rings (SSSR count). The van der Waals surface area contributed by atoms with Gasteiger partial charge in [0.15, 0.2) is 9.84 Å². The molecule has 21 heavy (non-hydrogen) atoms. The van der Waals surface area contributed by atoms with Crippen molar-refractivity contribution in [1.82, 2.24) is 5.32 Å². The van der Waals surface area contributed by atoms with E-state index in [0.717, 1.165) is 18.5 Å². The van der Waals surface area contributed by atoms with Crippen LogP contribution in [0.4, 0.5) is 0 Å². The van der Waals surface area contributed by atoms with Crippen molar-refractivity contribution < 1.29 is 8.42 Å². The lowest BCUT2D eigenvalue weighted by Crippen LogP contribution is -2.44. The number of nitrogens with one attached hydrogen (secondary N) is 1. The molecule has 0 saturated heterocycles. The van der Waals surface area contributed by atoms with Gasteiger partial charge < -0.3 is 5.32 Å². The largest absolute Gasteiger partial charge is 0.309 e. The van der Waals surface area contributed by atoms with Crippen LogP contribution in [0.1, 0.15) is 57.7 Å². The Hall–Kier alpha value is -0.870. The van der Waals surface area contributed by atoms with E-state index in [1.54, 1.807) is 13.8 Å². The molecule has 1 atom stereocenters. The minimum atomic E-state index is -3.16. The third-order valence-corrected chi connectivity index (χ3v) is 6.34. The Labute approximate surface area is 130 Å². The van der Waals surface area contributed by atoms with Gasteiger partial charge in [-0.1, -0.05) is 44.5 Å². The predicted octanol–water partition coefficient (Wildman–Crippen LogP) is 3.50. The fourth-order valence-electron chi connectivity index (χ4n) is 2.44. The predicted molar refractivity (Wildman–Crippen MR) is 90.4 cm³/mol. The van der Waals surface area contributed by atoms with Gasteiger partial charge in [0.1, 0.15) is 0 Å². The Kier molecular flexibility index (Phi) is 6.41. The van der Waals surface area contributed by atoms with Crippen molar-refractivity contribution >= 4 is 9.84 Å². The van der Waals surface area contributed by atoms with Crippen LogP contribution >= 0.6 is 0 Å². The molecule has 0 saturated carbocycles. The van der Waals surface area contributed by atoms with E-state index < -0.39 is 14.6 Å². The lowest BCUT2D eigenvalue weighted by molar-refractivity contribution is 0.428. The van der Waals surface area contributed by atoms with Gasteiger partial charge in [-0.2, -0.15) is 0 Å². The summed E-state index contributed by atoms with van der Waals surface area (Å²) in [5.41, 5.74) is 2.35. The van der Waals surface area contributed by atoms with Gasteiger partial charge >= 0.3 is 0 Å². The minimum Gasteiger partial charge on any atom is -0.309 e. The molecule has 0 bridgehead atoms. The molecule has 0 fully saturated rings. The average molecular weight is 311 g/mol. The van der Waals surface area contributed by atoms with Crippen molar-refractivity contribution in [2.45, 2.75) is 57.7 Å². The Bertz CT molecular complexity index is 532. The zero-order chi connectivity index (χ0) is 16.1. The standard InChI is InChI=1S/C17H29NO2S/c1-6-8-9-14-10-12-15(13-11-14)16(18-7-2)17(3,4)21(5,19)20/h10-13,16,18H,6-9H2,1-5H3. The molecule has 0 aliphatic carbocycles. The first-order valence-corrected chi connectivity index (χ1v) is 9.65. The van der Waals surface area contributed by atoms with Gasteiger partial charge in [-0.15, -0.1) is 0 Å². The number of aryl methyl sites for hydroxylation is 1. The van der Waals surface area contributed by atoms with E-state index in [-0.39, 0.29) is 6.04 Å². The summed E-state index contributed by atoms with van der Waals surface area (Å²) in [4.78, 5) is 0. The zero-order valence-corrected chi connectivity index (χ0v) is 14.8. The molecule has 0 aliphatic rings. The highest BCUT2D eigenvalue weighted by molar-refractivity contribution is 7.92. The van der Waals surface area contributed by atoms with Crippen molar-refractivity contribution in [3.05, 3.63) is 35.4 Å². The molecule has 4 heteroatoms. The summed E-state index contributed by atoms with van der Waals surface area (Å²) in [6, 6.07) is 8.16. The maximum absolute atomic E-state index is 12.1. The maximum atomic E-state index is 12.1. The third kappa shape index (κ3) is 4.55. The van der Waals surface area contributed by atoms with Crippen molar-refractivity contribution in [3.63, 3.8) is 0 Å². The molecule has 120 valence electrons. The number of unbranched alkanes of at least 4 members (excludes halogenated alkanes) is 1. The summed E-state index contributed by atoms with van der Waals surface area (Å²) in [5.74, 6) is 0. The molecule has 1 aromatic rings. The van der Waals surface area contributed by atoms with E-state index in [9.17, 15) is 8.42 Å². The van der Waals surface area contributed by atoms with Crippen LogP contribution in [-0.2, 0) is 16.3 Å². The van der Waals surface area contributed by atoms with Crippen molar-refractivity contribution in [2.24, 2.45) is 0 Å². The van der Waals surface area contributed by atoms with Crippen molar-refractivity contribution in [1.29, 1.82) is 0 Å². The van der Waals surface area contributed by atoms with E-state index >= 15 is 0 Å². The summed E-state index contributed by atoms with van der Waals surface area (Å²) < 4.78 is 23.4. The summed E-state index contributed by atoms with van der Waals surface area (Å²) in [7, 11) is -3.16. The van der Waals surface area contributed by atoms with E-state index in [1.165, 1.54) is 24.7 Å². The second kappa shape index (κ2) is 7.41. The molecule has 1 unspecified atom stereocenters. The number of hydrogen-bond acceptors (Lipinski definition) is 3. The molecule has 0 aliphatic heterocycles. The van der Waals surface area contributed by atoms with Crippen LogP contribution in [0, 0.1) is 0 Å². The lowest BCUT2D eigenvalue weighted by Gasteiger charge is -2.33. The van der Waals surface area contributed by atoms with Crippen LogP contribution in [0.2, 0.25) is 0 Å². The van der Waals surface area contributed by atoms with Gasteiger partial charge in [0.05, 0.1) is 10.8 Å². The number of rotatable bonds is 8. The summed E-state index contributed by atoms with van der Waals surface area (Å²) in [5, 5.41) is 3.33. The van der Waals surface area contributed by atoms with E-state index in [0.29, 0.717) is 0 Å². The number of sulfone groups is 1. The van der Waals surface area contributed by atoms with Crippen LogP contribution in [0.25, 0.3) is 0 Å². The highest BCUT2D eigenvalue weighted by atomic mass is 32.2. The summed E-state index contributed by atoms with van der Waals surface area (Å²) in [6.45, 7) is 8.51. The SMILES string of the molecule is CCCCc1ccc(C(NCC)C(C)(C)S(C)(=O)=O)cc1. The molecule has 0 amide bonds. The molecule has 0 heterocycles. The Morgan fingerprint density at radius 2 is 1.71 bits per heavy atom. The smallest absolute Gasteiger partial charge is 0.154 e. The molecule has 3 nitrogen and oxygen atoms in total. The molecule has 1 N–H and O–H groups in total. The van der Waals surface area contributed by atoms with Gasteiger partial charge in [-0.3, -0.25) is 0 Å². The molecule has 0 spiro atoms. The monoisotopic (exact) mass is 311 g/mol. The second-order valence-electron chi connectivity index (χ2n) is 6.21. The highest BCUT2D eigenvalue weighted by Crippen LogP contribution is 2.32. The van der Waals surface area contributed by atoms with Crippen LogP contribution in [0.15, 0.2) is 24.3 Å². The number of hydrogen-bond donors (Lipinski definition) is 1. The first-order valence-electron chi connectivity index (χ1n) is 7.75. The first-order chi connectivity index (χ1) is 9.74. The Balaban J connectivity index is 3.06. The maximum Gasteiger partial charge on any atom is 0.154 e. The van der Waals surface area contributed by atoms with Crippen LogP contribution in [-0.4, -0.2) is 26.0 Å². The number of benzene rings is 1. The summed E-state index contributed by atoms with van der Waals surface area (Å²) in [6.07, 6.45) is 4.76. The molecule has 0 radical (unpaired) electrons. The molecular weight excluding hydrogens is 282 g/mol. The first kappa shape index (κ1) is 18.2. The minimum absolute atomic E-state index is 0.197. The van der Waals surface area contributed by atoms with Crippen LogP contribution in [0.5, 0.6) is 0 Å². The van der Waals surface area contributed by atoms with Crippen LogP contribution in [0.3, 0.4) is 0 Å². The van der Waals surface area contributed by atoms with Gasteiger partial charge in [-0.05, 0) is 44.4 Å². The lowest BCUT2D eigenvalue weighted by atomic mass is 9.93. The average Bonchev–Trinajstić information content (AvgIpc) is 2.42. The van der Waals surface area contributed by atoms with Gasteiger partial charge in [-0.25, -0.2) is 8.42 Å². The fraction of sp³-hybridized carbons (Fsp3) is 0.647. The van der Waals surface area contributed by atoms with Crippen molar-refractivity contribution in [2.75, 3.05) is 12.8 Å². The third-order valence-electron chi connectivity index (χ3n) is 4.19. The van der Waals surface area contributed by atoms with Crippen molar-refractivity contribution in [3.8, 4) is 0 Å².